The predicted molar refractivity (Wildman–Crippen MR) is 174 cm³/mol. The molecule has 0 N–H and O–H groups in total. The van der Waals surface area contributed by atoms with Crippen LogP contribution >= 0.6 is 0 Å². The summed E-state index contributed by atoms with van der Waals surface area (Å²) < 4.78 is 14.9. The highest BCUT2D eigenvalue weighted by atomic mass is 16.5. The summed E-state index contributed by atoms with van der Waals surface area (Å²) in [6.07, 6.45) is 0. The van der Waals surface area contributed by atoms with Crippen molar-refractivity contribution < 1.29 is 9.15 Å². The second-order valence-corrected chi connectivity index (χ2v) is 11.2. The van der Waals surface area contributed by atoms with Crippen LogP contribution in [0.25, 0.3) is 76.5 Å². The van der Waals surface area contributed by atoms with Crippen molar-refractivity contribution in [1.82, 2.24) is 4.57 Å². The highest BCUT2D eigenvalue weighted by Gasteiger charge is 2.20. The maximum Gasteiger partial charge on any atom is 0.188 e. The molecule has 0 bridgehead atoms. The van der Waals surface area contributed by atoms with E-state index in [1.807, 2.05) is 24.3 Å². The predicted octanol–water partition coefficient (Wildman–Crippen LogP) is 10.6. The van der Waals surface area contributed by atoms with Crippen LogP contribution in [0.4, 0.5) is 5.69 Å². The van der Waals surface area contributed by atoms with Crippen LogP contribution in [0.15, 0.2) is 126 Å². The van der Waals surface area contributed by atoms with Gasteiger partial charge in [0.05, 0.1) is 30.8 Å². The molecule has 3 heterocycles. The molecule has 0 saturated carbocycles. The van der Waals surface area contributed by atoms with E-state index in [0.29, 0.717) is 18.9 Å². The maximum atomic E-state index is 7.53. The van der Waals surface area contributed by atoms with Gasteiger partial charge in [0.1, 0.15) is 11.2 Å². The number of benzene rings is 6. The normalized spacial score (nSPS) is 12.8. The molecule has 4 nitrogen and oxygen atoms in total. The van der Waals surface area contributed by atoms with Crippen LogP contribution in [-0.4, -0.2) is 4.57 Å². The number of aromatic nitrogens is 1. The zero-order valence-electron chi connectivity index (χ0n) is 23.2. The molecule has 1 aliphatic heterocycles. The van der Waals surface area contributed by atoms with Gasteiger partial charge in [0.15, 0.2) is 5.69 Å². The maximum absolute atomic E-state index is 7.53. The van der Waals surface area contributed by atoms with Crippen LogP contribution in [0.1, 0.15) is 11.1 Å². The lowest BCUT2D eigenvalue weighted by molar-refractivity contribution is 0.110. The summed E-state index contributed by atoms with van der Waals surface area (Å²) in [7, 11) is 0. The van der Waals surface area contributed by atoms with E-state index in [0.717, 1.165) is 66.1 Å². The molecule has 1 aliphatic rings. The van der Waals surface area contributed by atoms with Crippen LogP contribution in [0.2, 0.25) is 0 Å². The van der Waals surface area contributed by atoms with Crippen molar-refractivity contribution in [1.29, 1.82) is 0 Å². The standard InChI is InChI=1S/C39H24N2O2/c1-40-27-15-18-37-35(20-27)31-7-2-4-11-36(31)41(37)28-16-13-25-22-42-23-26-19-24(14-17-29(26)34(25)21-28)30-9-6-10-33-32-8-3-5-12-38(32)43-39(30)33/h2-21H,22-23H2. The van der Waals surface area contributed by atoms with Crippen LogP contribution in [0.3, 0.4) is 0 Å². The molecule has 0 atom stereocenters. The molecule has 202 valence electrons. The molecule has 0 aliphatic carbocycles. The van der Waals surface area contributed by atoms with E-state index in [1.165, 1.54) is 16.7 Å². The first-order valence-corrected chi connectivity index (χ1v) is 14.4. The van der Waals surface area contributed by atoms with E-state index in [9.17, 15) is 0 Å². The van der Waals surface area contributed by atoms with Crippen molar-refractivity contribution in [2.75, 3.05) is 0 Å². The first-order chi connectivity index (χ1) is 21.3. The van der Waals surface area contributed by atoms with Crippen LogP contribution in [-0.2, 0) is 18.0 Å². The van der Waals surface area contributed by atoms with Gasteiger partial charge < -0.3 is 13.7 Å². The second-order valence-electron chi connectivity index (χ2n) is 11.2. The Bertz CT molecular complexity index is 2450. The van der Waals surface area contributed by atoms with Gasteiger partial charge in [0.2, 0.25) is 0 Å². The van der Waals surface area contributed by atoms with Crippen molar-refractivity contribution >= 4 is 49.4 Å². The summed E-state index contributed by atoms with van der Waals surface area (Å²) in [5, 5.41) is 4.50. The first-order valence-electron chi connectivity index (χ1n) is 14.4. The molecule has 4 heteroatoms. The molecular formula is C39H24N2O2. The molecule has 2 aromatic heterocycles. The van der Waals surface area contributed by atoms with Gasteiger partial charge in [-0.05, 0) is 75.7 Å². The molecule has 8 aromatic rings. The largest absolute Gasteiger partial charge is 0.455 e. The number of hydrogen-bond acceptors (Lipinski definition) is 2. The summed E-state index contributed by atoms with van der Waals surface area (Å²) in [4.78, 5) is 3.68. The van der Waals surface area contributed by atoms with Gasteiger partial charge in [-0.2, -0.15) is 0 Å². The van der Waals surface area contributed by atoms with Crippen molar-refractivity contribution in [3.8, 4) is 27.9 Å². The molecule has 0 fully saturated rings. The Morgan fingerprint density at radius 2 is 1.40 bits per heavy atom. The Morgan fingerprint density at radius 1 is 0.581 bits per heavy atom. The first kappa shape index (κ1) is 24.0. The fourth-order valence-electron chi connectivity index (χ4n) is 6.78. The number of ether oxygens (including phenoxy) is 1. The number of rotatable bonds is 2. The number of nitrogens with zero attached hydrogens (tertiary/aromatic N) is 2. The monoisotopic (exact) mass is 552 g/mol. The highest BCUT2D eigenvalue weighted by Crippen LogP contribution is 2.41. The number of hydrogen-bond donors (Lipinski definition) is 0. The van der Waals surface area contributed by atoms with Gasteiger partial charge in [-0.25, -0.2) is 4.85 Å². The molecule has 6 aromatic carbocycles. The Hall–Kier alpha value is -5.63. The van der Waals surface area contributed by atoms with Crippen molar-refractivity contribution in [3.05, 3.63) is 144 Å². The number of fused-ring (bicyclic) bond motifs is 9. The second kappa shape index (κ2) is 9.19. The minimum atomic E-state index is 0.540. The minimum Gasteiger partial charge on any atom is -0.455 e. The summed E-state index contributed by atoms with van der Waals surface area (Å²) >= 11 is 0. The van der Waals surface area contributed by atoms with E-state index in [1.54, 1.807) is 0 Å². The topological polar surface area (TPSA) is 31.7 Å². The highest BCUT2D eigenvalue weighted by molar-refractivity contribution is 6.11. The lowest BCUT2D eigenvalue weighted by Gasteiger charge is -2.14. The van der Waals surface area contributed by atoms with Gasteiger partial charge >= 0.3 is 0 Å². The van der Waals surface area contributed by atoms with Crippen molar-refractivity contribution in [2.24, 2.45) is 0 Å². The van der Waals surface area contributed by atoms with Gasteiger partial charge in [0, 0.05) is 27.4 Å². The van der Waals surface area contributed by atoms with Crippen LogP contribution in [0.5, 0.6) is 0 Å². The minimum absolute atomic E-state index is 0.540. The van der Waals surface area contributed by atoms with Gasteiger partial charge in [-0.15, -0.1) is 0 Å². The number of para-hydroxylation sites is 3. The van der Waals surface area contributed by atoms with Crippen LogP contribution in [0, 0.1) is 6.57 Å². The van der Waals surface area contributed by atoms with Crippen molar-refractivity contribution in [2.45, 2.75) is 13.2 Å². The van der Waals surface area contributed by atoms with E-state index < -0.39 is 0 Å². The molecule has 0 saturated heterocycles. The van der Waals surface area contributed by atoms with Gasteiger partial charge in [-0.3, -0.25) is 0 Å². The quantitative estimate of drug-likeness (QED) is 0.200. The van der Waals surface area contributed by atoms with Gasteiger partial charge in [-0.1, -0.05) is 78.9 Å². The summed E-state index contributed by atoms with van der Waals surface area (Å²) in [5.74, 6) is 0. The lowest BCUT2D eigenvalue weighted by Crippen LogP contribution is -1.97. The Labute approximate surface area is 247 Å². The third kappa shape index (κ3) is 3.59. The third-order valence-electron chi connectivity index (χ3n) is 8.76. The lowest BCUT2D eigenvalue weighted by atomic mass is 9.92. The van der Waals surface area contributed by atoms with E-state index in [2.05, 4.69) is 106 Å². The molecule has 0 amide bonds. The SMILES string of the molecule is [C-]#[N+]c1ccc2c(c1)c1ccccc1n2-c1ccc2c(c1)-c1ccc(-c3cccc4c3oc3ccccc34)cc1COC2. The summed E-state index contributed by atoms with van der Waals surface area (Å²) in [6, 6.07) is 42.3. The summed E-state index contributed by atoms with van der Waals surface area (Å²) in [5.41, 5.74) is 12.7. The van der Waals surface area contributed by atoms with E-state index >= 15 is 0 Å². The molecule has 0 radical (unpaired) electrons. The Morgan fingerprint density at radius 3 is 2.33 bits per heavy atom. The number of furan rings is 1. The smallest absolute Gasteiger partial charge is 0.188 e. The van der Waals surface area contributed by atoms with Gasteiger partial charge in [0.25, 0.3) is 0 Å². The molecule has 9 rings (SSSR count). The fourth-order valence-corrected chi connectivity index (χ4v) is 6.78. The van der Waals surface area contributed by atoms with E-state index in [4.69, 9.17) is 15.7 Å². The Balaban J connectivity index is 1.22. The average molecular weight is 553 g/mol. The zero-order chi connectivity index (χ0) is 28.5. The summed E-state index contributed by atoms with van der Waals surface area (Å²) in [6.45, 7) is 8.62. The molecule has 43 heavy (non-hydrogen) atoms. The molecular weight excluding hydrogens is 528 g/mol. The Kier molecular flexibility index (Phi) is 5.13. The zero-order valence-corrected chi connectivity index (χ0v) is 23.2. The third-order valence-corrected chi connectivity index (χ3v) is 8.76. The molecule has 0 spiro atoms. The van der Waals surface area contributed by atoms with Crippen LogP contribution < -0.4 is 0 Å². The van der Waals surface area contributed by atoms with E-state index in [-0.39, 0.29) is 0 Å². The fraction of sp³-hybridized carbons (Fsp3) is 0.0513. The molecule has 0 unspecified atom stereocenters. The van der Waals surface area contributed by atoms with Crippen molar-refractivity contribution in [3.63, 3.8) is 0 Å². The average Bonchev–Trinajstić information content (AvgIpc) is 3.54.